The van der Waals surface area contributed by atoms with Gasteiger partial charge < -0.3 is 10.2 Å². The largest absolute Gasteiger partial charge is 0.508 e. The molecule has 0 aromatic heterocycles. The molecular formula is C14H12O4. The summed E-state index contributed by atoms with van der Waals surface area (Å²) in [7, 11) is 0. The van der Waals surface area contributed by atoms with Crippen molar-refractivity contribution in [2.24, 2.45) is 0 Å². The number of para-hydroxylation sites is 1. The van der Waals surface area contributed by atoms with Crippen molar-refractivity contribution in [2.75, 3.05) is 0 Å². The second-order valence-corrected chi connectivity index (χ2v) is 3.35. The van der Waals surface area contributed by atoms with Crippen LogP contribution in [0, 0.1) is 0 Å². The SMILES string of the molecule is O=Cc1ccccc1C(=O)O.Oc1ccccc1. The normalized spacial score (nSPS) is 8.89. The van der Waals surface area contributed by atoms with E-state index in [9.17, 15) is 9.59 Å². The summed E-state index contributed by atoms with van der Waals surface area (Å²) in [6.07, 6.45) is 0.531. The topological polar surface area (TPSA) is 74.6 Å². The molecule has 0 bridgehead atoms. The number of aromatic carboxylic acids is 1. The van der Waals surface area contributed by atoms with Crippen molar-refractivity contribution in [3.63, 3.8) is 0 Å². The second-order valence-electron chi connectivity index (χ2n) is 3.35. The van der Waals surface area contributed by atoms with Gasteiger partial charge in [-0.3, -0.25) is 4.79 Å². The Labute approximate surface area is 104 Å². The highest BCUT2D eigenvalue weighted by Crippen LogP contribution is 2.05. The van der Waals surface area contributed by atoms with Crippen molar-refractivity contribution in [1.82, 2.24) is 0 Å². The molecule has 0 unspecified atom stereocenters. The summed E-state index contributed by atoms with van der Waals surface area (Å²) in [6, 6.07) is 14.8. The predicted molar refractivity (Wildman–Crippen MR) is 66.9 cm³/mol. The molecule has 18 heavy (non-hydrogen) atoms. The van der Waals surface area contributed by atoms with Crippen molar-refractivity contribution in [3.8, 4) is 5.75 Å². The number of carboxylic acids is 1. The van der Waals surface area contributed by atoms with E-state index in [0.717, 1.165) is 0 Å². The Morgan fingerprint density at radius 2 is 1.50 bits per heavy atom. The Morgan fingerprint density at radius 1 is 0.944 bits per heavy atom. The first kappa shape index (κ1) is 13.4. The molecule has 0 aliphatic heterocycles. The zero-order valence-corrected chi connectivity index (χ0v) is 9.48. The van der Waals surface area contributed by atoms with E-state index in [4.69, 9.17) is 10.2 Å². The van der Waals surface area contributed by atoms with Crippen LogP contribution in [0.25, 0.3) is 0 Å². The van der Waals surface area contributed by atoms with Gasteiger partial charge in [0, 0.05) is 5.56 Å². The summed E-state index contributed by atoms with van der Waals surface area (Å²) in [6.45, 7) is 0. The van der Waals surface area contributed by atoms with Crippen LogP contribution in [0.3, 0.4) is 0 Å². The van der Waals surface area contributed by atoms with Crippen LogP contribution in [-0.4, -0.2) is 22.5 Å². The molecule has 2 aromatic carbocycles. The fraction of sp³-hybridized carbons (Fsp3) is 0. The number of carbonyl (C=O) groups is 2. The van der Waals surface area contributed by atoms with Crippen molar-refractivity contribution in [3.05, 3.63) is 65.7 Å². The molecule has 0 radical (unpaired) electrons. The third-order valence-corrected chi connectivity index (χ3v) is 2.07. The lowest BCUT2D eigenvalue weighted by molar-refractivity contribution is 0.0694. The zero-order valence-electron chi connectivity index (χ0n) is 9.48. The van der Waals surface area contributed by atoms with Crippen LogP contribution < -0.4 is 0 Å². The Balaban J connectivity index is 0.000000199. The molecular weight excluding hydrogens is 232 g/mol. The maximum Gasteiger partial charge on any atom is 0.336 e. The minimum atomic E-state index is -1.08. The minimum absolute atomic E-state index is 0.0440. The number of phenols is 1. The molecule has 2 N–H and O–H groups in total. The van der Waals surface area contributed by atoms with Crippen LogP contribution in [0.4, 0.5) is 0 Å². The number of carbonyl (C=O) groups excluding carboxylic acids is 1. The van der Waals surface area contributed by atoms with E-state index in [1.807, 2.05) is 6.07 Å². The maximum absolute atomic E-state index is 10.4. The van der Waals surface area contributed by atoms with Gasteiger partial charge in [-0.05, 0) is 18.2 Å². The monoisotopic (exact) mass is 244 g/mol. The van der Waals surface area contributed by atoms with Gasteiger partial charge in [-0.25, -0.2) is 4.79 Å². The van der Waals surface area contributed by atoms with Gasteiger partial charge in [0.15, 0.2) is 6.29 Å². The highest BCUT2D eigenvalue weighted by Gasteiger charge is 2.06. The van der Waals surface area contributed by atoms with Crippen LogP contribution >= 0.6 is 0 Å². The highest BCUT2D eigenvalue weighted by atomic mass is 16.4. The quantitative estimate of drug-likeness (QED) is 0.796. The van der Waals surface area contributed by atoms with Gasteiger partial charge in [0.2, 0.25) is 0 Å². The summed E-state index contributed by atoms with van der Waals surface area (Å²) in [5, 5.41) is 17.2. The van der Waals surface area contributed by atoms with Crippen LogP contribution in [0.5, 0.6) is 5.75 Å². The van der Waals surface area contributed by atoms with Crippen molar-refractivity contribution in [1.29, 1.82) is 0 Å². The first-order valence-corrected chi connectivity index (χ1v) is 5.16. The van der Waals surface area contributed by atoms with Gasteiger partial charge in [-0.1, -0.05) is 36.4 Å². The summed E-state index contributed by atoms with van der Waals surface area (Å²) in [4.78, 5) is 20.7. The fourth-order valence-electron chi connectivity index (χ4n) is 1.22. The van der Waals surface area contributed by atoms with E-state index >= 15 is 0 Å². The first-order chi connectivity index (χ1) is 8.65. The van der Waals surface area contributed by atoms with E-state index in [-0.39, 0.29) is 11.1 Å². The van der Waals surface area contributed by atoms with Gasteiger partial charge in [0.25, 0.3) is 0 Å². The lowest BCUT2D eigenvalue weighted by atomic mass is 10.1. The van der Waals surface area contributed by atoms with Gasteiger partial charge in [0.05, 0.1) is 5.56 Å². The van der Waals surface area contributed by atoms with Crippen LogP contribution in [-0.2, 0) is 0 Å². The summed E-state index contributed by atoms with van der Waals surface area (Å²) < 4.78 is 0. The van der Waals surface area contributed by atoms with Crippen LogP contribution in [0.1, 0.15) is 20.7 Å². The van der Waals surface area contributed by atoms with Crippen molar-refractivity contribution >= 4 is 12.3 Å². The Bertz CT molecular complexity index is 520. The molecule has 4 nitrogen and oxygen atoms in total. The number of rotatable bonds is 2. The van der Waals surface area contributed by atoms with E-state index < -0.39 is 5.97 Å². The smallest absolute Gasteiger partial charge is 0.336 e. The van der Waals surface area contributed by atoms with Gasteiger partial charge >= 0.3 is 5.97 Å². The minimum Gasteiger partial charge on any atom is -0.508 e. The van der Waals surface area contributed by atoms with Crippen molar-refractivity contribution in [2.45, 2.75) is 0 Å². The standard InChI is InChI=1S/C8H6O3.C6H6O/c9-5-6-3-1-2-4-7(6)8(10)11;7-6-4-2-1-3-5-6/h1-5H,(H,10,11);1-5,7H. The van der Waals surface area contributed by atoms with Crippen molar-refractivity contribution < 1.29 is 19.8 Å². The number of hydrogen-bond acceptors (Lipinski definition) is 3. The lowest BCUT2D eigenvalue weighted by Gasteiger charge is -1.95. The number of aromatic hydroxyl groups is 1. The molecule has 0 saturated carbocycles. The van der Waals surface area contributed by atoms with E-state index in [2.05, 4.69) is 0 Å². The molecule has 0 saturated heterocycles. The van der Waals surface area contributed by atoms with Crippen LogP contribution in [0.15, 0.2) is 54.6 Å². The average Bonchev–Trinajstić information content (AvgIpc) is 2.40. The van der Waals surface area contributed by atoms with Crippen LogP contribution in [0.2, 0.25) is 0 Å². The molecule has 2 aromatic rings. The molecule has 0 aliphatic rings. The summed E-state index contributed by atoms with van der Waals surface area (Å²) >= 11 is 0. The fourth-order valence-corrected chi connectivity index (χ4v) is 1.22. The molecule has 92 valence electrons. The number of benzene rings is 2. The zero-order chi connectivity index (χ0) is 13.4. The number of hydrogen-bond donors (Lipinski definition) is 2. The highest BCUT2D eigenvalue weighted by molar-refractivity contribution is 5.96. The molecule has 0 spiro atoms. The number of aldehydes is 1. The Kier molecular flexibility index (Phi) is 5.12. The lowest BCUT2D eigenvalue weighted by Crippen LogP contribution is -2.00. The molecule has 2 rings (SSSR count). The van der Waals surface area contributed by atoms with E-state index in [1.54, 1.807) is 36.4 Å². The summed E-state index contributed by atoms with van der Waals surface area (Å²) in [5.41, 5.74) is 0.252. The first-order valence-electron chi connectivity index (χ1n) is 5.16. The Morgan fingerprint density at radius 3 is 1.89 bits per heavy atom. The maximum atomic E-state index is 10.4. The Hall–Kier alpha value is -2.62. The molecule has 0 atom stereocenters. The van der Waals surface area contributed by atoms with E-state index in [0.29, 0.717) is 12.0 Å². The average molecular weight is 244 g/mol. The predicted octanol–water partition coefficient (Wildman–Crippen LogP) is 2.59. The van der Waals surface area contributed by atoms with Gasteiger partial charge in [0.1, 0.15) is 5.75 Å². The third-order valence-electron chi connectivity index (χ3n) is 2.07. The van der Waals surface area contributed by atoms with Gasteiger partial charge in [-0.2, -0.15) is 0 Å². The van der Waals surface area contributed by atoms with E-state index in [1.165, 1.54) is 12.1 Å². The molecule has 0 amide bonds. The third kappa shape index (κ3) is 4.09. The molecule has 0 heterocycles. The van der Waals surface area contributed by atoms with Gasteiger partial charge in [-0.15, -0.1) is 0 Å². The number of phenolic OH excluding ortho intramolecular Hbond substituents is 1. The molecule has 0 aliphatic carbocycles. The second kappa shape index (κ2) is 6.85. The number of carboxylic acid groups (broad SMARTS) is 1. The molecule has 4 heteroatoms. The summed E-state index contributed by atoms with van der Waals surface area (Å²) in [5.74, 6) is -0.754. The molecule has 0 fully saturated rings.